The first-order valence-electron chi connectivity index (χ1n) is 6.14. The van der Waals surface area contributed by atoms with E-state index in [-0.39, 0.29) is 11.1 Å². The van der Waals surface area contributed by atoms with Gasteiger partial charge in [-0.05, 0) is 38.0 Å². The number of H-pyrrole nitrogens is 1. The average molecular weight is 259 g/mol. The molecular formula is C14H17N3O2. The molecule has 1 aromatic heterocycles. The molecular weight excluding hydrogens is 242 g/mol. The molecule has 0 amide bonds. The number of aromatic nitrogens is 2. The smallest absolute Gasteiger partial charge is 0.268 e. The Morgan fingerprint density at radius 2 is 1.74 bits per heavy atom. The van der Waals surface area contributed by atoms with Gasteiger partial charge in [-0.25, -0.2) is 4.68 Å². The summed E-state index contributed by atoms with van der Waals surface area (Å²) in [5.41, 5.74) is 8.01. The van der Waals surface area contributed by atoms with Crippen LogP contribution in [0.3, 0.4) is 0 Å². The van der Waals surface area contributed by atoms with E-state index in [1.54, 1.807) is 13.8 Å². The molecule has 0 saturated heterocycles. The van der Waals surface area contributed by atoms with Gasteiger partial charge in [-0.3, -0.25) is 14.7 Å². The number of nitrogen functional groups attached to an aromatic ring is 1. The van der Waals surface area contributed by atoms with Crippen molar-refractivity contribution in [3.63, 3.8) is 0 Å². The van der Waals surface area contributed by atoms with Crippen LogP contribution in [0.25, 0.3) is 0 Å². The number of nitrogens with one attached hydrogen (secondary N) is 1. The Kier molecular flexibility index (Phi) is 3.55. The Morgan fingerprint density at radius 3 is 2.37 bits per heavy atom. The highest BCUT2D eigenvalue weighted by Crippen LogP contribution is 2.06. The maximum Gasteiger partial charge on any atom is 0.268 e. The molecule has 0 bridgehead atoms. The minimum Gasteiger partial charge on any atom is -0.399 e. The molecule has 100 valence electrons. The third-order valence-corrected chi connectivity index (χ3v) is 3.31. The number of aryl methyl sites for hydroxylation is 2. The molecule has 0 spiro atoms. The van der Waals surface area contributed by atoms with Gasteiger partial charge < -0.3 is 5.73 Å². The van der Waals surface area contributed by atoms with Gasteiger partial charge >= 0.3 is 0 Å². The van der Waals surface area contributed by atoms with E-state index in [0.29, 0.717) is 29.8 Å². The summed E-state index contributed by atoms with van der Waals surface area (Å²) < 4.78 is 1.36. The molecule has 0 radical (unpaired) electrons. The van der Waals surface area contributed by atoms with Crippen LogP contribution in [0.1, 0.15) is 16.7 Å². The van der Waals surface area contributed by atoms with Gasteiger partial charge in [0.25, 0.3) is 11.1 Å². The Hall–Kier alpha value is -2.30. The molecule has 3 N–H and O–H groups in total. The van der Waals surface area contributed by atoms with E-state index in [2.05, 4.69) is 5.10 Å². The third-order valence-electron chi connectivity index (χ3n) is 3.31. The maximum absolute atomic E-state index is 12.0. The molecule has 2 aromatic rings. The second-order valence-corrected chi connectivity index (χ2v) is 4.64. The number of anilines is 1. The summed E-state index contributed by atoms with van der Waals surface area (Å²) >= 11 is 0. The van der Waals surface area contributed by atoms with Gasteiger partial charge in [0.2, 0.25) is 0 Å². The molecule has 0 aliphatic heterocycles. The fourth-order valence-electron chi connectivity index (χ4n) is 1.87. The van der Waals surface area contributed by atoms with Crippen LogP contribution in [0.2, 0.25) is 0 Å². The van der Waals surface area contributed by atoms with Crippen molar-refractivity contribution in [3.05, 3.63) is 61.7 Å². The zero-order valence-electron chi connectivity index (χ0n) is 11.1. The normalized spacial score (nSPS) is 10.6. The molecule has 0 fully saturated rings. The van der Waals surface area contributed by atoms with Crippen LogP contribution in [0, 0.1) is 13.8 Å². The molecule has 1 aromatic carbocycles. The first-order chi connectivity index (χ1) is 8.99. The first kappa shape index (κ1) is 13.1. The fourth-order valence-corrected chi connectivity index (χ4v) is 1.87. The van der Waals surface area contributed by atoms with Gasteiger partial charge in [0, 0.05) is 23.4 Å². The predicted molar refractivity (Wildman–Crippen MR) is 75.4 cm³/mol. The minimum absolute atomic E-state index is 0.146. The molecule has 0 aliphatic rings. The lowest BCUT2D eigenvalue weighted by atomic mass is 10.1. The van der Waals surface area contributed by atoms with Gasteiger partial charge in [0.15, 0.2) is 0 Å². The van der Waals surface area contributed by atoms with E-state index in [0.717, 1.165) is 5.56 Å². The van der Waals surface area contributed by atoms with Crippen LogP contribution < -0.4 is 16.9 Å². The van der Waals surface area contributed by atoms with Gasteiger partial charge in [0.1, 0.15) is 0 Å². The number of rotatable bonds is 3. The van der Waals surface area contributed by atoms with Crippen LogP contribution in [-0.2, 0) is 13.0 Å². The van der Waals surface area contributed by atoms with Gasteiger partial charge in [-0.1, -0.05) is 12.1 Å². The summed E-state index contributed by atoms with van der Waals surface area (Å²) in [6.45, 7) is 3.77. The van der Waals surface area contributed by atoms with Crippen molar-refractivity contribution in [1.82, 2.24) is 9.78 Å². The minimum atomic E-state index is -0.214. The predicted octanol–water partition coefficient (Wildman–Crippen LogP) is 0.978. The number of hydrogen-bond donors (Lipinski definition) is 2. The van der Waals surface area contributed by atoms with Gasteiger partial charge in [-0.15, -0.1) is 0 Å². The zero-order chi connectivity index (χ0) is 14.0. The monoisotopic (exact) mass is 259 g/mol. The summed E-state index contributed by atoms with van der Waals surface area (Å²) in [4.78, 5) is 23.6. The fraction of sp³-hybridized carbons (Fsp3) is 0.286. The molecule has 2 rings (SSSR count). The summed E-state index contributed by atoms with van der Waals surface area (Å²) in [7, 11) is 0. The molecule has 5 heteroatoms. The molecule has 5 nitrogen and oxygen atoms in total. The van der Waals surface area contributed by atoms with Crippen molar-refractivity contribution in [3.8, 4) is 0 Å². The second kappa shape index (κ2) is 5.14. The van der Waals surface area contributed by atoms with E-state index < -0.39 is 0 Å². The lowest BCUT2D eigenvalue weighted by Gasteiger charge is -2.08. The van der Waals surface area contributed by atoms with E-state index in [1.807, 2.05) is 24.3 Å². The Morgan fingerprint density at radius 1 is 1.11 bits per heavy atom. The van der Waals surface area contributed by atoms with Crippen LogP contribution in [-0.4, -0.2) is 9.78 Å². The molecule has 0 atom stereocenters. The van der Waals surface area contributed by atoms with Crippen LogP contribution >= 0.6 is 0 Å². The SMILES string of the molecule is Cc1c(C)c(=O)n(CCc2ccc(N)cc2)[nH]c1=O. The Labute approximate surface area is 110 Å². The van der Waals surface area contributed by atoms with Gasteiger partial charge in [-0.2, -0.15) is 0 Å². The van der Waals surface area contributed by atoms with Crippen LogP contribution in [0.5, 0.6) is 0 Å². The zero-order valence-corrected chi connectivity index (χ0v) is 11.1. The molecule has 0 unspecified atom stereocenters. The van der Waals surface area contributed by atoms with Crippen molar-refractivity contribution in [1.29, 1.82) is 0 Å². The first-order valence-corrected chi connectivity index (χ1v) is 6.14. The van der Waals surface area contributed by atoms with E-state index in [9.17, 15) is 9.59 Å². The standard InChI is InChI=1S/C14H17N3O2/c1-9-10(2)14(19)17(16-13(9)18)8-7-11-3-5-12(15)6-4-11/h3-6H,7-8,15H2,1-2H3,(H,16,18). The number of hydrogen-bond acceptors (Lipinski definition) is 3. The van der Waals surface area contributed by atoms with E-state index >= 15 is 0 Å². The van der Waals surface area contributed by atoms with Crippen molar-refractivity contribution >= 4 is 5.69 Å². The van der Waals surface area contributed by atoms with Crippen molar-refractivity contribution in [2.75, 3.05) is 5.73 Å². The van der Waals surface area contributed by atoms with E-state index in [1.165, 1.54) is 4.68 Å². The quantitative estimate of drug-likeness (QED) is 0.806. The van der Waals surface area contributed by atoms with E-state index in [4.69, 9.17) is 5.73 Å². The highest BCUT2D eigenvalue weighted by molar-refractivity contribution is 5.39. The summed E-state index contributed by atoms with van der Waals surface area (Å²) in [6, 6.07) is 7.47. The molecule has 19 heavy (non-hydrogen) atoms. The number of nitrogens with zero attached hydrogens (tertiary/aromatic N) is 1. The lowest BCUT2D eigenvalue weighted by molar-refractivity contribution is 0.563. The van der Waals surface area contributed by atoms with Crippen LogP contribution in [0.15, 0.2) is 33.9 Å². The number of nitrogens with two attached hydrogens (primary N) is 1. The molecule has 0 saturated carbocycles. The maximum atomic E-state index is 12.0. The lowest BCUT2D eigenvalue weighted by Crippen LogP contribution is -2.33. The number of benzene rings is 1. The highest BCUT2D eigenvalue weighted by Gasteiger charge is 2.06. The number of aromatic amines is 1. The van der Waals surface area contributed by atoms with Crippen molar-refractivity contribution < 1.29 is 0 Å². The summed E-state index contributed by atoms with van der Waals surface area (Å²) in [6.07, 6.45) is 0.665. The largest absolute Gasteiger partial charge is 0.399 e. The Balaban J connectivity index is 2.23. The average Bonchev–Trinajstić information content (AvgIpc) is 2.41. The van der Waals surface area contributed by atoms with Gasteiger partial charge in [0.05, 0.1) is 0 Å². The summed E-state index contributed by atoms with van der Waals surface area (Å²) in [5, 5.41) is 2.59. The van der Waals surface area contributed by atoms with Crippen molar-refractivity contribution in [2.24, 2.45) is 0 Å². The topological polar surface area (TPSA) is 80.9 Å². The van der Waals surface area contributed by atoms with Crippen molar-refractivity contribution in [2.45, 2.75) is 26.8 Å². The third kappa shape index (κ3) is 2.76. The Bertz CT molecular complexity index is 696. The summed E-state index contributed by atoms with van der Waals surface area (Å²) in [5.74, 6) is 0. The molecule has 1 heterocycles. The highest BCUT2D eigenvalue weighted by atomic mass is 16.2. The second-order valence-electron chi connectivity index (χ2n) is 4.64. The molecule has 0 aliphatic carbocycles. The van der Waals surface area contributed by atoms with Crippen LogP contribution in [0.4, 0.5) is 5.69 Å².